The highest BCUT2D eigenvalue weighted by molar-refractivity contribution is 6.05. The Morgan fingerprint density at radius 3 is 2.08 bits per heavy atom. The van der Waals surface area contributed by atoms with Gasteiger partial charge in [-0.2, -0.15) is 0 Å². The van der Waals surface area contributed by atoms with Gasteiger partial charge in [-0.05, 0) is 73.7 Å². The average molecular weight is 487 g/mol. The molecule has 1 aromatic heterocycles. The number of hydrogen-bond donors (Lipinski definition) is 2. The van der Waals surface area contributed by atoms with Crippen molar-refractivity contribution in [3.8, 4) is 17.2 Å². The molecule has 0 spiro atoms. The van der Waals surface area contributed by atoms with E-state index in [-0.39, 0.29) is 17.6 Å². The van der Waals surface area contributed by atoms with E-state index < -0.39 is 0 Å². The van der Waals surface area contributed by atoms with Crippen molar-refractivity contribution in [2.45, 2.75) is 6.92 Å². The van der Waals surface area contributed by atoms with Crippen LogP contribution in [0.4, 0.5) is 11.4 Å². The Kier molecular flexibility index (Phi) is 8.22. The molecule has 4 aromatic rings. The van der Waals surface area contributed by atoms with Crippen molar-refractivity contribution in [1.82, 2.24) is 0 Å². The minimum absolute atomic E-state index is 0.216. The van der Waals surface area contributed by atoms with Gasteiger partial charge in [-0.1, -0.05) is 18.2 Å². The van der Waals surface area contributed by atoms with Gasteiger partial charge < -0.3 is 29.3 Å². The molecule has 0 aliphatic carbocycles. The number of carbonyl (C=O) groups is 2. The van der Waals surface area contributed by atoms with Crippen LogP contribution in [0.1, 0.15) is 27.8 Å². The number of rotatable bonds is 11. The lowest BCUT2D eigenvalue weighted by Gasteiger charge is -2.14. The second kappa shape index (κ2) is 12.1. The Labute approximate surface area is 208 Å². The Hall–Kier alpha value is -4.72. The lowest BCUT2D eigenvalue weighted by molar-refractivity contribution is 0.0994. The summed E-state index contributed by atoms with van der Waals surface area (Å²) in [5.74, 6) is 1.33. The third kappa shape index (κ3) is 6.66. The van der Waals surface area contributed by atoms with Crippen LogP contribution in [0.5, 0.6) is 17.2 Å². The Morgan fingerprint density at radius 2 is 1.42 bits per heavy atom. The summed E-state index contributed by atoms with van der Waals surface area (Å²) in [5, 5.41) is 5.57. The maximum absolute atomic E-state index is 12.8. The van der Waals surface area contributed by atoms with Crippen molar-refractivity contribution in [1.29, 1.82) is 0 Å². The SMILES string of the molecule is CCOc1cc(C(=O)Nc2ccc(NC(=O)c3ccco3)cc2)ccc1OCCOc1ccccc1. The van der Waals surface area contributed by atoms with Crippen LogP contribution in [0.2, 0.25) is 0 Å². The van der Waals surface area contributed by atoms with Gasteiger partial charge in [-0.15, -0.1) is 0 Å². The minimum Gasteiger partial charge on any atom is -0.490 e. The summed E-state index contributed by atoms with van der Waals surface area (Å²) in [7, 11) is 0. The zero-order chi connectivity index (χ0) is 25.2. The summed E-state index contributed by atoms with van der Waals surface area (Å²) in [6.07, 6.45) is 1.43. The molecule has 1 heterocycles. The molecular formula is C28H26N2O6. The number of carbonyl (C=O) groups excluding carboxylic acids is 2. The molecule has 8 nitrogen and oxygen atoms in total. The maximum atomic E-state index is 12.8. The van der Waals surface area contributed by atoms with Gasteiger partial charge in [0.1, 0.15) is 19.0 Å². The van der Waals surface area contributed by atoms with E-state index in [4.69, 9.17) is 18.6 Å². The number of hydrogen-bond acceptors (Lipinski definition) is 6. The van der Waals surface area contributed by atoms with Crippen LogP contribution in [0.25, 0.3) is 0 Å². The van der Waals surface area contributed by atoms with E-state index in [1.807, 2.05) is 37.3 Å². The van der Waals surface area contributed by atoms with Crippen LogP contribution < -0.4 is 24.8 Å². The van der Waals surface area contributed by atoms with Crippen molar-refractivity contribution >= 4 is 23.2 Å². The molecule has 184 valence electrons. The van der Waals surface area contributed by atoms with Crippen molar-refractivity contribution in [2.75, 3.05) is 30.5 Å². The lowest BCUT2D eigenvalue weighted by Crippen LogP contribution is -2.14. The summed E-state index contributed by atoms with van der Waals surface area (Å²) in [4.78, 5) is 24.9. The highest BCUT2D eigenvalue weighted by Crippen LogP contribution is 2.29. The molecule has 0 saturated heterocycles. The van der Waals surface area contributed by atoms with Gasteiger partial charge in [0.2, 0.25) is 0 Å². The van der Waals surface area contributed by atoms with Gasteiger partial charge in [0.25, 0.3) is 11.8 Å². The van der Waals surface area contributed by atoms with Gasteiger partial charge in [0, 0.05) is 16.9 Å². The summed E-state index contributed by atoms with van der Waals surface area (Å²) in [6.45, 7) is 2.98. The number of furan rings is 1. The fraction of sp³-hybridized carbons (Fsp3) is 0.143. The number of para-hydroxylation sites is 1. The number of amides is 2. The molecule has 8 heteroatoms. The highest BCUT2D eigenvalue weighted by atomic mass is 16.5. The molecular weight excluding hydrogens is 460 g/mol. The predicted molar refractivity (Wildman–Crippen MR) is 136 cm³/mol. The smallest absolute Gasteiger partial charge is 0.291 e. The monoisotopic (exact) mass is 486 g/mol. The molecule has 0 unspecified atom stereocenters. The van der Waals surface area contributed by atoms with Gasteiger partial charge in [-0.25, -0.2) is 0 Å². The van der Waals surface area contributed by atoms with E-state index in [1.165, 1.54) is 6.26 Å². The van der Waals surface area contributed by atoms with Crippen LogP contribution in [0.3, 0.4) is 0 Å². The van der Waals surface area contributed by atoms with Crippen molar-refractivity contribution < 1.29 is 28.2 Å². The molecule has 2 amide bonds. The zero-order valence-corrected chi connectivity index (χ0v) is 19.7. The topological polar surface area (TPSA) is 99.0 Å². The molecule has 0 radical (unpaired) electrons. The van der Waals surface area contributed by atoms with Crippen LogP contribution in [0.15, 0.2) is 95.6 Å². The first kappa shape index (κ1) is 24.4. The first-order valence-corrected chi connectivity index (χ1v) is 11.5. The first-order valence-electron chi connectivity index (χ1n) is 11.5. The zero-order valence-electron chi connectivity index (χ0n) is 19.7. The van der Waals surface area contributed by atoms with E-state index in [9.17, 15) is 9.59 Å². The van der Waals surface area contributed by atoms with Crippen LogP contribution in [-0.4, -0.2) is 31.6 Å². The van der Waals surface area contributed by atoms with Crippen molar-refractivity contribution in [2.24, 2.45) is 0 Å². The average Bonchev–Trinajstić information content (AvgIpc) is 3.45. The molecule has 0 saturated carbocycles. The predicted octanol–water partition coefficient (Wildman–Crippen LogP) is 5.64. The third-order valence-electron chi connectivity index (χ3n) is 5.00. The van der Waals surface area contributed by atoms with Crippen molar-refractivity contribution in [3.05, 3.63) is 103 Å². The quantitative estimate of drug-likeness (QED) is 0.266. The van der Waals surface area contributed by atoms with E-state index >= 15 is 0 Å². The molecule has 0 atom stereocenters. The second-order valence-corrected chi connectivity index (χ2v) is 7.57. The van der Waals surface area contributed by atoms with Crippen LogP contribution >= 0.6 is 0 Å². The summed E-state index contributed by atoms with van der Waals surface area (Å²) in [5.41, 5.74) is 1.57. The van der Waals surface area contributed by atoms with Gasteiger partial charge in [0.15, 0.2) is 17.3 Å². The standard InChI is InChI=1S/C28H26N2O6/c1-2-33-26-19-20(10-15-24(26)36-18-17-34-23-7-4-3-5-8-23)27(31)29-21-11-13-22(14-12-21)30-28(32)25-9-6-16-35-25/h3-16,19H,2,17-18H2,1H3,(H,29,31)(H,30,32). The van der Waals surface area contributed by atoms with Crippen LogP contribution in [0, 0.1) is 0 Å². The molecule has 0 aliphatic rings. The van der Waals surface area contributed by atoms with Crippen LogP contribution in [-0.2, 0) is 0 Å². The van der Waals surface area contributed by atoms with Gasteiger partial charge in [-0.3, -0.25) is 9.59 Å². The minimum atomic E-state index is -0.353. The molecule has 4 rings (SSSR count). The first-order chi connectivity index (χ1) is 17.6. The van der Waals surface area contributed by atoms with E-state index in [1.54, 1.807) is 54.6 Å². The fourth-order valence-corrected chi connectivity index (χ4v) is 3.31. The normalized spacial score (nSPS) is 10.4. The molecule has 0 fully saturated rings. The molecule has 36 heavy (non-hydrogen) atoms. The summed E-state index contributed by atoms with van der Waals surface area (Å²) in [6, 6.07) is 24.5. The Bertz CT molecular complexity index is 1270. The second-order valence-electron chi connectivity index (χ2n) is 7.57. The van der Waals surface area contributed by atoms with Gasteiger partial charge >= 0.3 is 0 Å². The molecule has 2 N–H and O–H groups in total. The molecule has 0 aliphatic heterocycles. The Balaban J connectivity index is 1.33. The van der Waals surface area contributed by atoms with Crippen molar-refractivity contribution in [3.63, 3.8) is 0 Å². The number of anilines is 2. The van der Waals surface area contributed by atoms with E-state index in [0.717, 1.165) is 5.75 Å². The third-order valence-corrected chi connectivity index (χ3v) is 5.00. The van der Waals surface area contributed by atoms with E-state index in [0.29, 0.717) is 48.3 Å². The molecule has 3 aromatic carbocycles. The Morgan fingerprint density at radius 1 is 0.722 bits per heavy atom. The maximum Gasteiger partial charge on any atom is 0.291 e. The van der Waals surface area contributed by atoms with E-state index in [2.05, 4.69) is 10.6 Å². The largest absolute Gasteiger partial charge is 0.490 e. The summed E-state index contributed by atoms with van der Waals surface area (Å²) < 4.78 is 22.2. The lowest BCUT2D eigenvalue weighted by atomic mass is 10.1. The highest BCUT2D eigenvalue weighted by Gasteiger charge is 2.13. The summed E-state index contributed by atoms with van der Waals surface area (Å²) >= 11 is 0. The molecule has 0 bridgehead atoms. The number of benzene rings is 3. The number of ether oxygens (including phenoxy) is 3. The van der Waals surface area contributed by atoms with Gasteiger partial charge in [0.05, 0.1) is 12.9 Å². The fourth-order valence-electron chi connectivity index (χ4n) is 3.31. The number of nitrogens with one attached hydrogen (secondary N) is 2.